The van der Waals surface area contributed by atoms with Crippen LogP contribution in [0.1, 0.15) is 24.1 Å². The number of hydrogen-bond donors (Lipinski definition) is 1. The molecule has 7 heteroatoms. The third-order valence-electron chi connectivity index (χ3n) is 5.15. The first-order chi connectivity index (χ1) is 13.2. The number of likely N-dealkylation sites (tertiary alicyclic amines) is 1. The highest BCUT2D eigenvalue weighted by Gasteiger charge is 2.50. The van der Waals surface area contributed by atoms with Gasteiger partial charge in [-0.1, -0.05) is 36.4 Å². The van der Waals surface area contributed by atoms with Crippen molar-refractivity contribution in [2.24, 2.45) is 10.5 Å². The van der Waals surface area contributed by atoms with Gasteiger partial charge < -0.3 is 9.64 Å². The summed E-state index contributed by atoms with van der Waals surface area (Å²) in [5.74, 6) is -0.125. The Morgan fingerprint density at radius 1 is 1.11 bits per heavy atom. The molecule has 2 aliphatic heterocycles. The maximum atomic E-state index is 12.5. The Kier molecular flexibility index (Phi) is 4.58. The van der Waals surface area contributed by atoms with Gasteiger partial charge in [-0.3, -0.25) is 9.78 Å². The molecule has 0 aliphatic carbocycles. The van der Waals surface area contributed by atoms with Crippen molar-refractivity contribution in [3.05, 3.63) is 66.0 Å². The molecular weight excluding hydrogens is 344 g/mol. The fourth-order valence-corrected chi connectivity index (χ4v) is 3.58. The van der Waals surface area contributed by atoms with Crippen LogP contribution in [0.15, 0.2) is 59.8 Å². The Morgan fingerprint density at radius 2 is 1.85 bits per heavy atom. The number of aromatic nitrogens is 1. The molecule has 1 aromatic carbocycles. The molecule has 7 nitrogen and oxygen atoms in total. The van der Waals surface area contributed by atoms with E-state index < -0.39 is 5.41 Å². The standard InChI is InChI=1S/C20H20N4O3/c25-18-20(17(22-23-18)16-8-4-5-11-21-16)9-12-24(13-10-20)19(26)27-14-15-6-2-1-3-7-15/h1-8,11H,9-10,12-14H2,(H,23,25). The number of nitrogens with zero attached hydrogens (tertiary/aromatic N) is 3. The van der Waals surface area contributed by atoms with Gasteiger partial charge in [-0.05, 0) is 30.5 Å². The fourth-order valence-electron chi connectivity index (χ4n) is 3.58. The van der Waals surface area contributed by atoms with Gasteiger partial charge in [-0.25, -0.2) is 10.2 Å². The topological polar surface area (TPSA) is 83.9 Å². The van der Waals surface area contributed by atoms with Crippen molar-refractivity contribution in [1.29, 1.82) is 0 Å². The molecule has 1 aromatic heterocycles. The van der Waals surface area contributed by atoms with E-state index in [9.17, 15) is 9.59 Å². The Labute approximate surface area is 157 Å². The minimum absolute atomic E-state index is 0.125. The lowest BCUT2D eigenvalue weighted by atomic mass is 9.73. The van der Waals surface area contributed by atoms with E-state index in [1.807, 2.05) is 48.5 Å². The van der Waals surface area contributed by atoms with Gasteiger partial charge in [0.15, 0.2) is 0 Å². The number of hydrogen-bond acceptors (Lipinski definition) is 5. The third-order valence-corrected chi connectivity index (χ3v) is 5.15. The molecule has 0 atom stereocenters. The second-order valence-electron chi connectivity index (χ2n) is 6.73. The normalized spacial score (nSPS) is 18.1. The van der Waals surface area contributed by atoms with E-state index in [-0.39, 0.29) is 18.6 Å². The maximum absolute atomic E-state index is 12.5. The van der Waals surface area contributed by atoms with E-state index in [0.29, 0.717) is 37.3 Å². The monoisotopic (exact) mass is 364 g/mol. The molecule has 0 bridgehead atoms. The smallest absolute Gasteiger partial charge is 0.410 e. The summed E-state index contributed by atoms with van der Waals surface area (Å²) in [4.78, 5) is 30.9. The minimum atomic E-state index is -0.732. The van der Waals surface area contributed by atoms with E-state index in [0.717, 1.165) is 5.56 Å². The molecule has 3 heterocycles. The average molecular weight is 364 g/mol. The molecule has 27 heavy (non-hydrogen) atoms. The largest absolute Gasteiger partial charge is 0.445 e. The van der Waals surface area contributed by atoms with Crippen molar-refractivity contribution in [3.8, 4) is 0 Å². The summed E-state index contributed by atoms with van der Waals surface area (Å²) in [5, 5.41) is 4.23. The summed E-state index contributed by atoms with van der Waals surface area (Å²) < 4.78 is 5.40. The van der Waals surface area contributed by atoms with E-state index >= 15 is 0 Å². The predicted octanol–water partition coefficient (Wildman–Crippen LogP) is 2.33. The highest BCUT2D eigenvalue weighted by atomic mass is 16.6. The van der Waals surface area contributed by atoms with Crippen LogP contribution in [0.25, 0.3) is 0 Å². The lowest BCUT2D eigenvalue weighted by molar-refractivity contribution is -0.128. The maximum Gasteiger partial charge on any atom is 0.410 e. The first-order valence-electron chi connectivity index (χ1n) is 8.95. The number of carbonyl (C=O) groups is 2. The molecule has 1 fully saturated rings. The third kappa shape index (κ3) is 3.28. The molecule has 138 valence electrons. The quantitative estimate of drug-likeness (QED) is 0.906. The number of amides is 2. The van der Waals surface area contributed by atoms with Gasteiger partial charge in [0.1, 0.15) is 17.7 Å². The molecule has 0 saturated carbocycles. The van der Waals surface area contributed by atoms with Crippen LogP contribution in [-0.2, 0) is 16.1 Å². The summed E-state index contributed by atoms with van der Waals surface area (Å²) in [5.41, 5.74) is 4.15. The molecule has 2 aromatic rings. The van der Waals surface area contributed by atoms with Gasteiger partial charge in [0.05, 0.1) is 5.69 Å². The number of piperidine rings is 1. The Balaban J connectivity index is 1.41. The van der Waals surface area contributed by atoms with Crippen LogP contribution in [0.2, 0.25) is 0 Å². The summed E-state index contributed by atoms with van der Waals surface area (Å²) in [6, 6.07) is 15.1. The van der Waals surface area contributed by atoms with Gasteiger partial charge >= 0.3 is 6.09 Å². The first kappa shape index (κ1) is 17.2. The van der Waals surface area contributed by atoms with Gasteiger partial charge in [-0.15, -0.1) is 0 Å². The van der Waals surface area contributed by atoms with Crippen LogP contribution in [-0.4, -0.2) is 40.7 Å². The van der Waals surface area contributed by atoms with Crippen LogP contribution in [0.3, 0.4) is 0 Å². The number of benzene rings is 1. The summed E-state index contributed by atoms with van der Waals surface area (Å²) in [6.45, 7) is 1.11. The van der Waals surface area contributed by atoms with Crippen molar-refractivity contribution in [2.45, 2.75) is 19.4 Å². The minimum Gasteiger partial charge on any atom is -0.445 e. The van der Waals surface area contributed by atoms with E-state index in [1.165, 1.54) is 0 Å². The van der Waals surface area contributed by atoms with Gasteiger partial charge in [-0.2, -0.15) is 5.10 Å². The van der Waals surface area contributed by atoms with Crippen LogP contribution < -0.4 is 5.43 Å². The molecule has 1 N–H and O–H groups in total. The number of ether oxygens (including phenoxy) is 1. The highest BCUT2D eigenvalue weighted by molar-refractivity contribution is 6.19. The zero-order valence-corrected chi connectivity index (χ0v) is 14.8. The van der Waals surface area contributed by atoms with Crippen molar-refractivity contribution in [2.75, 3.05) is 13.1 Å². The number of carbonyl (C=O) groups excluding carboxylic acids is 2. The summed E-state index contributed by atoms with van der Waals surface area (Å²) in [7, 11) is 0. The van der Waals surface area contributed by atoms with Crippen LogP contribution in [0.5, 0.6) is 0 Å². The van der Waals surface area contributed by atoms with Crippen LogP contribution in [0, 0.1) is 5.41 Å². The Bertz CT molecular complexity index is 859. The van der Waals surface area contributed by atoms with E-state index in [4.69, 9.17) is 4.74 Å². The fraction of sp³-hybridized carbons (Fsp3) is 0.300. The molecule has 0 unspecified atom stereocenters. The molecule has 4 rings (SSSR count). The van der Waals surface area contributed by atoms with E-state index in [2.05, 4.69) is 15.5 Å². The predicted molar refractivity (Wildman–Crippen MR) is 98.8 cm³/mol. The molecular formula is C20H20N4O3. The first-order valence-corrected chi connectivity index (χ1v) is 8.95. The SMILES string of the molecule is O=C(OCc1ccccc1)N1CCC2(CC1)C(=O)NN=C2c1ccccn1. The number of hydrazone groups is 1. The second kappa shape index (κ2) is 7.19. The van der Waals surface area contributed by atoms with Crippen molar-refractivity contribution in [3.63, 3.8) is 0 Å². The molecule has 1 saturated heterocycles. The molecule has 0 radical (unpaired) electrons. The zero-order chi connectivity index (χ0) is 18.7. The van der Waals surface area contributed by atoms with Crippen LogP contribution >= 0.6 is 0 Å². The molecule has 2 amide bonds. The second-order valence-corrected chi connectivity index (χ2v) is 6.73. The van der Waals surface area contributed by atoms with Gasteiger partial charge in [0, 0.05) is 19.3 Å². The highest BCUT2D eigenvalue weighted by Crippen LogP contribution is 2.38. The Morgan fingerprint density at radius 3 is 2.56 bits per heavy atom. The van der Waals surface area contributed by atoms with Crippen molar-refractivity contribution in [1.82, 2.24) is 15.3 Å². The van der Waals surface area contributed by atoms with Crippen molar-refractivity contribution >= 4 is 17.7 Å². The van der Waals surface area contributed by atoms with Crippen molar-refractivity contribution < 1.29 is 14.3 Å². The lowest BCUT2D eigenvalue weighted by Crippen LogP contribution is -2.50. The summed E-state index contributed by atoms with van der Waals surface area (Å²) in [6.07, 6.45) is 2.32. The Hall–Kier alpha value is -3.22. The lowest BCUT2D eigenvalue weighted by Gasteiger charge is -2.37. The average Bonchev–Trinajstić information content (AvgIpc) is 3.04. The number of nitrogens with one attached hydrogen (secondary N) is 1. The van der Waals surface area contributed by atoms with E-state index in [1.54, 1.807) is 11.1 Å². The number of rotatable bonds is 3. The van der Waals surface area contributed by atoms with Gasteiger partial charge in [0.2, 0.25) is 0 Å². The summed E-state index contributed by atoms with van der Waals surface area (Å²) >= 11 is 0. The zero-order valence-electron chi connectivity index (χ0n) is 14.8. The molecule has 1 spiro atoms. The van der Waals surface area contributed by atoms with Gasteiger partial charge in [0.25, 0.3) is 5.91 Å². The molecule has 2 aliphatic rings. The van der Waals surface area contributed by atoms with Crippen LogP contribution in [0.4, 0.5) is 4.79 Å². The number of pyridine rings is 1.